The highest BCUT2D eigenvalue weighted by Crippen LogP contribution is 2.67. The van der Waals surface area contributed by atoms with Crippen molar-refractivity contribution in [1.29, 1.82) is 0 Å². The number of rotatable bonds is 26. The number of aliphatic hydroxyl groups is 2. The van der Waals surface area contributed by atoms with Gasteiger partial charge >= 0.3 is 51.1 Å². The molecule has 16 rings (SSSR count). The van der Waals surface area contributed by atoms with Gasteiger partial charge in [0.25, 0.3) is 50.5 Å². The monoisotopic (exact) mass is 2060 g/mol. The molecule has 62 heteroatoms. The number of alkyl carbamates (subject to hydrolysis) is 2. The predicted octanol–water partition coefficient (Wildman–Crippen LogP) is 1.62. The lowest BCUT2D eigenvalue weighted by Gasteiger charge is -2.37. The number of aromatic amines is 2. The van der Waals surface area contributed by atoms with Crippen LogP contribution >= 0.6 is 77.7 Å². The number of carbonyl (C=O) groups excluding carboxylic acids is 6. The largest absolute Gasteiger partial charge is 0.756 e. The molecule has 2 fully saturated rings. The van der Waals surface area contributed by atoms with Crippen molar-refractivity contribution in [3.8, 4) is 69.0 Å². The molecule has 10 heterocycles. The zero-order valence-electron chi connectivity index (χ0n) is 69.6. The molecular weight excluding hydrogens is 1990 g/mol. The van der Waals surface area contributed by atoms with Crippen LogP contribution in [-0.4, -0.2) is 220 Å². The van der Waals surface area contributed by atoms with Gasteiger partial charge in [-0.1, -0.05) is 56.4 Å². The number of aliphatic hydroxyl groups excluding tert-OH is 2. The SMILES string of the molecule is COc1cc2c(c(Cl)c1O)Oc1c(cc(OC)c(O)c1Cl)C21OC(=O)c2ccc(C(=O)NCCNC(=O)O[C@@H]3[C@H](O)[C@@H](COP(=O)(O)OP(=O)([O-])O)O[C@H]3[n+]3cn(C)c4c(=O)[nH]c(N)nc43)cc21.COc1cc2c(c(Cl)c1O)Oc1c(cc(OC)c(O)c1Cl)C21OC(=O)c2ccc(C(=O)NCCNC(=O)O[C@H]3[C@@H](O)[C@H]([n+]4cn(C)c5c(=O)[nH]c(N)nc54)O[C@@H]3COP(=O)(O)OP(=O)([O-])O)cc21. The summed E-state index contributed by atoms with van der Waals surface area (Å²) in [5, 5.41) is 74.3. The third-order valence-electron chi connectivity index (χ3n) is 21.5. The van der Waals surface area contributed by atoms with Crippen LogP contribution in [0.5, 0.6) is 69.0 Å². The number of benzene rings is 6. The maximum Gasteiger partial charge on any atom is 0.478 e. The fourth-order valence-corrected chi connectivity index (χ4v) is 19.8. The lowest BCUT2D eigenvalue weighted by molar-refractivity contribution is -0.746. The van der Waals surface area contributed by atoms with E-state index in [0.717, 1.165) is 9.13 Å². The Balaban J connectivity index is 0.000000207. The molecule has 54 nitrogen and oxygen atoms in total. The number of hydrogen-bond donors (Lipinski definition) is 18. The number of fused-ring (bicyclic) bond motifs is 14. The number of halogens is 4. The number of anilines is 2. The number of H-pyrrole nitrogens is 2. The zero-order valence-corrected chi connectivity index (χ0v) is 76.2. The number of phenols is 4. The average Bonchev–Trinajstić information content (AvgIpc) is 1.48. The summed E-state index contributed by atoms with van der Waals surface area (Å²) in [4.78, 5) is 179. The molecular formula is C74H70Cl4N14O40P4. The molecule has 4 amide bonds. The molecule has 6 aromatic carbocycles. The summed E-state index contributed by atoms with van der Waals surface area (Å²) in [5.41, 5.74) is 5.96. The smallest absolute Gasteiger partial charge is 0.478 e. The highest BCUT2D eigenvalue weighted by Gasteiger charge is 2.60. The van der Waals surface area contributed by atoms with Gasteiger partial charge in [0.2, 0.25) is 23.5 Å². The van der Waals surface area contributed by atoms with Crippen molar-refractivity contribution in [3.05, 3.63) is 170 Å². The minimum atomic E-state index is -5.80. The highest BCUT2D eigenvalue weighted by atomic mass is 35.5. The molecule has 20 N–H and O–H groups in total. The van der Waals surface area contributed by atoms with Gasteiger partial charge in [0.1, 0.15) is 38.4 Å². The number of methoxy groups -OCH3 is 4. The van der Waals surface area contributed by atoms with E-state index in [0.29, 0.717) is 0 Å². The normalized spacial score (nSPS) is 20.6. The first-order chi connectivity index (χ1) is 64.0. The number of phosphoric ester groups is 2. The van der Waals surface area contributed by atoms with Crippen molar-refractivity contribution in [3.63, 3.8) is 0 Å². The van der Waals surface area contributed by atoms with Crippen LogP contribution in [0.1, 0.15) is 87.3 Å². The summed E-state index contributed by atoms with van der Waals surface area (Å²) >= 11 is 26.3. The number of ether oxygens (including phenoxy) is 12. The maximum absolute atomic E-state index is 13.7. The van der Waals surface area contributed by atoms with Crippen LogP contribution in [-0.2, 0) is 89.6 Å². The Morgan fingerprint density at radius 1 is 0.507 bits per heavy atom. The van der Waals surface area contributed by atoms with Crippen LogP contribution < -0.4 is 91.2 Å². The second-order valence-corrected chi connectivity index (χ2v) is 36.8. The Morgan fingerprint density at radius 3 is 1.21 bits per heavy atom. The number of imidazole rings is 2. The first kappa shape index (κ1) is 98.1. The second-order valence-electron chi connectivity index (χ2n) is 29.7. The van der Waals surface area contributed by atoms with Gasteiger partial charge in [-0.25, -0.2) is 46.1 Å². The standard InChI is InChI=1S/2C37H35Cl2N7O20P2/c1-45-12-46(30-23(45)32(51)44-35(40)43-30)33-26(49)29(20(62-33)11-61-68(57,58)66-67(54,55)56)64-36(53)42-7-6-41-31(50)13-4-5-14-15(8-13)37(65-34(14)52)16-9-18(59-2)24(47)21(38)27(16)63-28-17(37)10-19(60-3)25(48)22(28)39;1-45-12-46(30-23(45)32(51)44-35(40)43-30)33-29(26(49)20(62-33)11-61-68(57,58)66-67(54,55)56)64-36(53)42-7-6-41-31(50)13-4-5-14-15(8-13)37(65-34(14)52)16-9-18(59-2)24(47)21(38)27(16)63-28-17(37)10-19(60-3)25(48)22(28)39/h2*4-5,8-10,12,20,26,29,33,49H,6-7,11H2,1-3H3,(H9-,40,41,42,43,44,47,48,50,51,53,54,55,56,57,58)/t2*20-,26-,29-,33-/m11/s1. The summed E-state index contributed by atoms with van der Waals surface area (Å²) in [6.07, 6.45) is -13.6. The van der Waals surface area contributed by atoms with Gasteiger partial charge in [0.05, 0.1) is 89.1 Å². The number of nitrogen functional groups attached to an aromatic ring is 2. The van der Waals surface area contributed by atoms with E-state index in [-0.39, 0.29) is 182 Å². The van der Waals surface area contributed by atoms with Gasteiger partial charge in [-0.15, -0.1) is 0 Å². The van der Waals surface area contributed by atoms with Crippen LogP contribution in [0.3, 0.4) is 0 Å². The number of nitrogens with two attached hydrogens (primary N) is 2. The Kier molecular flexibility index (Phi) is 26.6. The number of carbonyl (C=O) groups is 6. The first-order valence-corrected chi connectivity index (χ1v) is 46.1. The van der Waals surface area contributed by atoms with E-state index in [1.165, 1.54) is 125 Å². The zero-order chi connectivity index (χ0) is 98.7. The number of aryl methyl sites for hydroxylation is 2. The number of aromatic nitrogens is 8. The van der Waals surface area contributed by atoms with Crippen LogP contribution in [0.15, 0.2) is 82.9 Å². The summed E-state index contributed by atoms with van der Waals surface area (Å²) in [6, 6.07) is 13.2. The number of nitrogens with one attached hydrogen (secondary N) is 6. The number of phosphoric acid groups is 4. The molecule has 4 unspecified atom stereocenters. The van der Waals surface area contributed by atoms with E-state index in [1.807, 2.05) is 0 Å². The van der Waals surface area contributed by atoms with Gasteiger partial charge in [-0.2, -0.15) is 0 Å². The molecule has 0 radical (unpaired) electrons. The van der Waals surface area contributed by atoms with Gasteiger partial charge < -0.3 is 150 Å². The van der Waals surface area contributed by atoms with Crippen molar-refractivity contribution < 1.29 is 191 Å². The molecule has 136 heavy (non-hydrogen) atoms. The average molecular weight is 2060 g/mol. The third-order valence-corrected chi connectivity index (χ3v) is 27.2. The predicted molar refractivity (Wildman–Crippen MR) is 449 cm³/mol. The molecule has 0 saturated carbocycles. The number of amides is 4. The summed E-state index contributed by atoms with van der Waals surface area (Å²) in [6.45, 7) is -3.37. The van der Waals surface area contributed by atoms with Gasteiger partial charge in [-0.05, 0) is 60.7 Å². The van der Waals surface area contributed by atoms with Crippen molar-refractivity contribution in [1.82, 2.24) is 50.3 Å². The minimum absolute atomic E-state index is 0.00821. The first-order valence-electron chi connectivity index (χ1n) is 38.6. The van der Waals surface area contributed by atoms with E-state index in [1.54, 1.807) is 0 Å². The number of aromatic hydroxyl groups is 4. The molecule has 6 aliphatic heterocycles. The summed E-state index contributed by atoms with van der Waals surface area (Å²) in [7, 11) is -14.7. The van der Waals surface area contributed by atoms with E-state index in [9.17, 15) is 107 Å². The van der Waals surface area contributed by atoms with Crippen LogP contribution in [0.2, 0.25) is 20.1 Å². The van der Waals surface area contributed by atoms with Crippen molar-refractivity contribution >= 4 is 148 Å². The Bertz CT molecular complexity index is 6910. The molecule has 12 atom stereocenters. The van der Waals surface area contributed by atoms with E-state index >= 15 is 0 Å². The fraction of sp³-hybridized carbons (Fsp3) is 0.297. The number of hydrogen-bond acceptors (Lipinski definition) is 40. The molecule has 6 aliphatic rings. The van der Waals surface area contributed by atoms with Crippen molar-refractivity contribution in [2.45, 2.75) is 60.3 Å². The minimum Gasteiger partial charge on any atom is -0.756 e. The topological polar surface area (TPSA) is 776 Å². The van der Waals surface area contributed by atoms with Gasteiger partial charge in [-0.3, -0.25) is 56.5 Å². The quantitative estimate of drug-likeness (QED) is 0.0120. The summed E-state index contributed by atoms with van der Waals surface area (Å²) < 4.78 is 136. The molecule has 0 aliphatic carbocycles. The molecule has 10 aromatic rings. The van der Waals surface area contributed by atoms with Crippen molar-refractivity contribution in [2.75, 3.05) is 79.3 Å². The van der Waals surface area contributed by atoms with Crippen LogP contribution in [0.25, 0.3) is 22.3 Å². The highest BCUT2D eigenvalue weighted by molar-refractivity contribution is 7.60. The fourth-order valence-electron chi connectivity index (χ4n) is 15.8. The molecule has 4 aromatic heterocycles. The van der Waals surface area contributed by atoms with E-state index < -0.39 is 175 Å². The van der Waals surface area contributed by atoms with Gasteiger partial charge in [0.15, 0.2) is 111 Å². The molecule has 0 bridgehead atoms. The molecule has 2 saturated heterocycles. The van der Waals surface area contributed by atoms with Crippen molar-refractivity contribution in [2.24, 2.45) is 14.1 Å². The Labute approximate surface area is 777 Å². The van der Waals surface area contributed by atoms with Gasteiger partial charge in [0, 0.05) is 48.4 Å². The summed E-state index contributed by atoms with van der Waals surface area (Å²) in [5.74, 6) is -7.47. The maximum atomic E-state index is 13.7. The lowest BCUT2D eigenvalue weighted by atomic mass is 9.77. The van der Waals surface area contributed by atoms with Crippen LogP contribution in [0.4, 0.5) is 21.5 Å². The lowest BCUT2D eigenvalue weighted by Crippen LogP contribution is -2.49. The number of phenolic OH excluding ortho intramolecular Hbond substituents is 4. The molecule has 2 spiro atoms. The van der Waals surface area contributed by atoms with E-state index in [4.69, 9.17) is 125 Å². The van der Waals surface area contributed by atoms with Crippen LogP contribution in [0, 0.1) is 0 Å². The Hall–Kier alpha value is -12.4. The number of nitrogens with zero attached hydrogens (tertiary/aromatic N) is 6. The third kappa shape index (κ3) is 18.0. The van der Waals surface area contributed by atoms with E-state index in [2.05, 4.69) is 58.9 Å². The molecule has 724 valence electrons. The Morgan fingerprint density at radius 2 is 0.846 bits per heavy atom. The number of esters is 2. The second kappa shape index (κ2) is 36.9.